The van der Waals surface area contributed by atoms with E-state index in [4.69, 9.17) is 33.5 Å². The van der Waals surface area contributed by atoms with Crippen molar-refractivity contribution in [3.63, 3.8) is 0 Å². The summed E-state index contributed by atoms with van der Waals surface area (Å²) in [5, 5.41) is 8.80. The number of aliphatic hydroxyl groups excluding tert-OH is 1. The van der Waals surface area contributed by atoms with Gasteiger partial charge in [0.05, 0.1) is 13.2 Å². The minimum absolute atomic E-state index is 0.0334. The summed E-state index contributed by atoms with van der Waals surface area (Å²) in [6.45, 7) is 4.02. The van der Waals surface area contributed by atoms with E-state index < -0.39 is 54.6 Å². The summed E-state index contributed by atoms with van der Waals surface area (Å²) in [5.41, 5.74) is 0. The van der Waals surface area contributed by atoms with E-state index in [1.165, 1.54) is 19.1 Å². The van der Waals surface area contributed by atoms with Crippen LogP contribution < -0.4 is 0 Å². The average molecular weight is 418 g/mol. The molecule has 1 N–H and O–H groups in total. The lowest BCUT2D eigenvalue weighted by Gasteiger charge is -2.43. The molecular formula is C18H26O11. The molecule has 11 heteroatoms. The zero-order chi connectivity index (χ0) is 22.0. The minimum atomic E-state index is -1.28. The quantitative estimate of drug-likeness (QED) is 0.297. The number of carbonyl (C=O) groups excluding carboxylic acids is 4. The van der Waals surface area contributed by atoms with Gasteiger partial charge in [0.1, 0.15) is 12.7 Å². The van der Waals surface area contributed by atoms with Gasteiger partial charge in [0.25, 0.3) is 0 Å². The van der Waals surface area contributed by atoms with Crippen LogP contribution >= 0.6 is 0 Å². The Bertz CT molecular complexity index is 615. The second-order valence-corrected chi connectivity index (χ2v) is 6.05. The number of hydrogen-bond donors (Lipinski definition) is 1. The van der Waals surface area contributed by atoms with E-state index in [1.54, 1.807) is 0 Å². The fourth-order valence-corrected chi connectivity index (χ4v) is 2.62. The van der Waals surface area contributed by atoms with E-state index in [1.807, 2.05) is 0 Å². The van der Waals surface area contributed by atoms with Crippen molar-refractivity contribution >= 4 is 23.9 Å². The Morgan fingerprint density at radius 1 is 0.828 bits per heavy atom. The summed E-state index contributed by atoms with van der Waals surface area (Å²) in [6.07, 6.45) is -3.16. The largest absolute Gasteiger partial charge is 0.463 e. The Hall–Kier alpha value is -2.50. The third-order valence-corrected chi connectivity index (χ3v) is 3.58. The number of ether oxygens (including phenoxy) is 6. The maximum Gasteiger partial charge on any atom is 0.303 e. The molecule has 0 spiro atoms. The Morgan fingerprint density at radius 3 is 1.90 bits per heavy atom. The normalized spacial score (nSPS) is 26.6. The molecule has 0 radical (unpaired) electrons. The Kier molecular flexibility index (Phi) is 10.3. The molecule has 1 heterocycles. The number of esters is 4. The van der Waals surface area contributed by atoms with Crippen LogP contribution in [0.1, 0.15) is 27.7 Å². The molecule has 1 rings (SSSR count). The van der Waals surface area contributed by atoms with Crippen molar-refractivity contribution in [3.05, 3.63) is 12.2 Å². The first-order valence-corrected chi connectivity index (χ1v) is 8.83. The lowest BCUT2D eigenvalue weighted by Crippen LogP contribution is -2.62. The Labute approximate surface area is 167 Å². The van der Waals surface area contributed by atoms with Crippen molar-refractivity contribution in [2.45, 2.75) is 58.4 Å². The average Bonchev–Trinajstić information content (AvgIpc) is 2.60. The van der Waals surface area contributed by atoms with Crippen molar-refractivity contribution in [2.24, 2.45) is 0 Å². The summed E-state index contributed by atoms with van der Waals surface area (Å²) >= 11 is 0. The molecule has 5 atom stereocenters. The highest BCUT2D eigenvalue weighted by atomic mass is 16.7. The number of rotatable bonds is 9. The van der Waals surface area contributed by atoms with Gasteiger partial charge in [-0.3, -0.25) is 19.2 Å². The molecule has 1 saturated heterocycles. The first kappa shape index (κ1) is 24.5. The molecular weight excluding hydrogens is 392 g/mol. The third kappa shape index (κ3) is 8.59. The van der Waals surface area contributed by atoms with Gasteiger partial charge >= 0.3 is 23.9 Å². The highest BCUT2D eigenvalue weighted by Gasteiger charge is 2.52. The number of aliphatic hydroxyl groups is 1. The van der Waals surface area contributed by atoms with Crippen molar-refractivity contribution in [1.82, 2.24) is 0 Å². The monoisotopic (exact) mass is 418 g/mol. The van der Waals surface area contributed by atoms with Crippen molar-refractivity contribution in [3.8, 4) is 0 Å². The van der Waals surface area contributed by atoms with Crippen LogP contribution in [0.15, 0.2) is 12.2 Å². The fourth-order valence-electron chi connectivity index (χ4n) is 2.62. The molecule has 0 saturated carbocycles. The second kappa shape index (κ2) is 12.1. The molecule has 0 unspecified atom stereocenters. The van der Waals surface area contributed by atoms with Gasteiger partial charge in [-0.25, -0.2) is 0 Å². The van der Waals surface area contributed by atoms with Crippen LogP contribution in [-0.4, -0.2) is 79.5 Å². The maximum atomic E-state index is 11.6. The van der Waals surface area contributed by atoms with Crippen LogP contribution in [0.3, 0.4) is 0 Å². The van der Waals surface area contributed by atoms with Gasteiger partial charge in [-0.05, 0) is 0 Å². The lowest BCUT2D eigenvalue weighted by atomic mass is 9.98. The third-order valence-electron chi connectivity index (χ3n) is 3.58. The van der Waals surface area contributed by atoms with Gasteiger partial charge < -0.3 is 33.5 Å². The molecule has 0 bridgehead atoms. The summed E-state index contributed by atoms with van der Waals surface area (Å²) in [7, 11) is 0. The maximum absolute atomic E-state index is 11.6. The van der Waals surface area contributed by atoms with Crippen LogP contribution in [-0.2, 0) is 47.6 Å². The van der Waals surface area contributed by atoms with Gasteiger partial charge in [0.15, 0.2) is 24.6 Å². The zero-order valence-corrected chi connectivity index (χ0v) is 16.7. The molecule has 1 aliphatic heterocycles. The van der Waals surface area contributed by atoms with Crippen LogP contribution in [0.2, 0.25) is 0 Å². The topological polar surface area (TPSA) is 144 Å². The second-order valence-electron chi connectivity index (χ2n) is 6.05. The molecule has 1 aliphatic rings. The molecule has 0 aromatic heterocycles. The van der Waals surface area contributed by atoms with Gasteiger partial charge in [-0.2, -0.15) is 0 Å². The van der Waals surface area contributed by atoms with Crippen molar-refractivity contribution in [2.75, 3.05) is 19.8 Å². The summed E-state index contributed by atoms with van der Waals surface area (Å²) in [4.78, 5) is 46.0. The molecule has 0 aliphatic carbocycles. The Morgan fingerprint density at radius 2 is 1.38 bits per heavy atom. The summed E-state index contributed by atoms with van der Waals surface area (Å²) in [6, 6.07) is 0. The van der Waals surface area contributed by atoms with E-state index in [2.05, 4.69) is 0 Å². The summed E-state index contributed by atoms with van der Waals surface area (Å²) < 4.78 is 31.9. The standard InChI is InChI=1S/C18H26O11/c1-10(20)25-9-14-15(26-11(2)21)16(27-12(3)22)17(28-13(4)23)18(29-14)24-8-6-5-7-19/h5-6,14-19H,7-9H2,1-4H3/b6-5+/t14-,15-,16+,17-,18-/m0/s1. The minimum Gasteiger partial charge on any atom is -0.463 e. The van der Waals surface area contributed by atoms with E-state index in [9.17, 15) is 19.2 Å². The fraction of sp³-hybridized carbons (Fsp3) is 0.667. The smallest absolute Gasteiger partial charge is 0.303 e. The predicted molar refractivity (Wildman–Crippen MR) is 94.1 cm³/mol. The van der Waals surface area contributed by atoms with Gasteiger partial charge in [0.2, 0.25) is 0 Å². The summed E-state index contributed by atoms with van der Waals surface area (Å²) in [5.74, 6) is -2.76. The first-order chi connectivity index (χ1) is 13.6. The lowest BCUT2D eigenvalue weighted by molar-refractivity contribution is -0.306. The highest BCUT2D eigenvalue weighted by molar-refractivity contribution is 5.68. The SMILES string of the molecule is CC(=O)OC[C@@H]1O[C@H](OC/C=C/CO)[C@@H](OC(C)=O)[C@H](OC(C)=O)[C@H]1OC(C)=O. The van der Waals surface area contributed by atoms with Gasteiger partial charge in [0, 0.05) is 27.7 Å². The zero-order valence-electron chi connectivity index (χ0n) is 16.7. The molecule has 0 amide bonds. The predicted octanol–water partition coefficient (Wildman–Crippen LogP) is -0.365. The van der Waals surface area contributed by atoms with E-state index in [0.29, 0.717) is 0 Å². The molecule has 0 aromatic rings. The Balaban J connectivity index is 3.22. The molecule has 1 fully saturated rings. The van der Waals surface area contributed by atoms with Gasteiger partial charge in [-0.1, -0.05) is 12.2 Å². The van der Waals surface area contributed by atoms with Crippen LogP contribution in [0, 0.1) is 0 Å². The highest BCUT2D eigenvalue weighted by Crippen LogP contribution is 2.29. The molecule has 11 nitrogen and oxygen atoms in total. The van der Waals surface area contributed by atoms with E-state index >= 15 is 0 Å². The molecule has 29 heavy (non-hydrogen) atoms. The van der Waals surface area contributed by atoms with E-state index in [0.717, 1.165) is 20.8 Å². The van der Waals surface area contributed by atoms with E-state index in [-0.39, 0.29) is 19.8 Å². The molecule has 164 valence electrons. The number of hydrogen-bond acceptors (Lipinski definition) is 11. The van der Waals surface area contributed by atoms with Crippen LogP contribution in [0.5, 0.6) is 0 Å². The first-order valence-electron chi connectivity index (χ1n) is 8.83. The van der Waals surface area contributed by atoms with Gasteiger partial charge in [-0.15, -0.1) is 0 Å². The number of carbonyl (C=O) groups is 4. The molecule has 0 aromatic carbocycles. The van der Waals surface area contributed by atoms with Crippen LogP contribution in [0.4, 0.5) is 0 Å². The van der Waals surface area contributed by atoms with Crippen molar-refractivity contribution in [1.29, 1.82) is 0 Å². The van der Waals surface area contributed by atoms with Crippen LogP contribution in [0.25, 0.3) is 0 Å². The van der Waals surface area contributed by atoms with Crippen molar-refractivity contribution < 1.29 is 52.7 Å².